The Bertz CT molecular complexity index is 513. The van der Waals surface area contributed by atoms with Crippen molar-refractivity contribution in [3.8, 4) is 0 Å². The van der Waals surface area contributed by atoms with E-state index in [1.165, 1.54) is 5.56 Å². The molecule has 2 rings (SSSR count). The number of rotatable bonds is 7. The third-order valence-corrected chi connectivity index (χ3v) is 5.98. The lowest BCUT2D eigenvalue weighted by atomic mass is 10.0. The first-order valence-corrected chi connectivity index (χ1v) is 9.80. The number of nitrogens with zero attached hydrogens (tertiary/aromatic N) is 2. The maximum absolute atomic E-state index is 12.4. The fourth-order valence-corrected chi connectivity index (χ4v) is 3.71. The van der Waals surface area contributed by atoms with Gasteiger partial charge in [0.1, 0.15) is 0 Å². The Hall–Kier alpha value is -1.04. The summed E-state index contributed by atoms with van der Waals surface area (Å²) in [7, 11) is 2.16. The molecule has 0 bridgehead atoms. The van der Waals surface area contributed by atoms with Crippen LogP contribution in [0.3, 0.4) is 0 Å². The Kier molecular flexibility index (Phi) is 7.14. The van der Waals surface area contributed by atoms with E-state index in [0.29, 0.717) is 6.54 Å². The molecule has 1 amide bonds. The zero-order chi connectivity index (χ0) is 17.6. The van der Waals surface area contributed by atoms with Crippen LogP contribution in [0, 0.1) is 0 Å². The van der Waals surface area contributed by atoms with Crippen molar-refractivity contribution in [2.45, 2.75) is 37.3 Å². The minimum atomic E-state index is -0.0338. The molecule has 1 heterocycles. The van der Waals surface area contributed by atoms with Gasteiger partial charge in [-0.3, -0.25) is 9.69 Å². The lowest BCUT2D eigenvalue weighted by Crippen LogP contribution is -2.58. The van der Waals surface area contributed by atoms with Gasteiger partial charge >= 0.3 is 0 Å². The summed E-state index contributed by atoms with van der Waals surface area (Å²) in [6.45, 7) is 11.5. The van der Waals surface area contributed by atoms with E-state index in [4.69, 9.17) is 0 Å². The molecule has 0 aliphatic carbocycles. The maximum Gasteiger partial charge on any atom is 0.232 e. The number of likely N-dealkylation sites (N-methyl/N-ethyl adjacent to an activating group) is 1. The first-order valence-electron chi connectivity index (χ1n) is 8.75. The van der Waals surface area contributed by atoms with Gasteiger partial charge in [-0.05, 0) is 33.4 Å². The van der Waals surface area contributed by atoms with Gasteiger partial charge in [0.05, 0.1) is 5.25 Å². The Morgan fingerprint density at radius 2 is 1.83 bits per heavy atom. The SMILES string of the molecule is CC(SCc1ccccc1)C(=O)NCC(C)(C)N1CCN(C)CC1. The van der Waals surface area contributed by atoms with Gasteiger partial charge in [0, 0.05) is 44.0 Å². The third-order valence-electron chi connectivity index (χ3n) is 4.77. The molecule has 0 spiro atoms. The average molecular weight is 350 g/mol. The Morgan fingerprint density at radius 1 is 1.21 bits per heavy atom. The Morgan fingerprint density at radius 3 is 2.46 bits per heavy atom. The van der Waals surface area contributed by atoms with Crippen molar-refractivity contribution in [2.24, 2.45) is 0 Å². The van der Waals surface area contributed by atoms with Crippen LogP contribution in [0.5, 0.6) is 0 Å². The van der Waals surface area contributed by atoms with Crippen molar-refractivity contribution in [3.63, 3.8) is 0 Å². The molecule has 0 radical (unpaired) electrons. The van der Waals surface area contributed by atoms with Crippen LogP contribution in [0.25, 0.3) is 0 Å². The van der Waals surface area contributed by atoms with Crippen molar-refractivity contribution >= 4 is 17.7 Å². The van der Waals surface area contributed by atoms with Crippen LogP contribution in [0.4, 0.5) is 0 Å². The van der Waals surface area contributed by atoms with Crippen LogP contribution in [0.15, 0.2) is 30.3 Å². The number of hydrogen-bond donors (Lipinski definition) is 1. The number of thioether (sulfide) groups is 1. The summed E-state index contributed by atoms with van der Waals surface area (Å²) < 4.78 is 0. The lowest BCUT2D eigenvalue weighted by molar-refractivity contribution is -0.121. The number of hydrogen-bond acceptors (Lipinski definition) is 4. The van der Waals surface area contributed by atoms with E-state index in [0.717, 1.165) is 31.9 Å². The van der Waals surface area contributed by atoms with Gasteiger partial charge in [0.2, 0.25) is 5.91 Å². The number of benzene rings is 1. The van der Waals surface area contributed by atoms with Gasteiger partial charge in [-0.2, -0.15) is 0 Å². The van der Waals surface area contributed by atoms with Crippen LogP contribution in [0.1, 0.15) is 26.3 Å². The number of piperazine rings is 1. The molecule has 0 aromatic heterocycles. The number of amides is 1. The van der Waals surface area contributed by atoms with Crippen LogP contribution in [0.2, 0.25) is 0 Å². The summed E-state index contributed by atoms with van der Waals surface area (Å²) in [4.78, 5) is 17.2. The third kappa shape index (κ3) is 5.80. The van der Waals surface area contributed by atoms with Gasteiger partial charge in [-0.15, -0.1) is 11.8 Å². The van der Waals surface area contributed by atoms with E-state index in [1.807, 2.05) is 25.1 Å². The average Bonchev–Trinajstić information content (AvgIpc) is 2.59. The minimum absolute atomic E-state index is 0.000731. The second-order valence-corrected chi connectivity index (χ2v) is 8.59. The highest BCUT2D eigenvalue weighted by Crippen LogP contribution is 2.19. The summed E-state index contributed by atoms with van der Waals surface area (Å²) in [5.74, 6) is 1.01. The van der Waals surface area contributed by atoms with Crippen LogP contribution < -0.4 is 5.32 Å². The molecule has 1 aliphatic heterocycles. The molecule has 5 heteroatoms. The van der Waals surface area contributed by atoms with Gasteiger partial charge in [-0.25, -0.2) is 0 Å². The monoisotopic (exact) mass is 349 g/mol. The summed E-state index contributed by atoms with van der Waals surface area (Å²) in [5, 5.41) is 3.12. The van der Waals surface area contributed by atoms with Crippen LogP contribution in [-0.2, 0) is 10.5 Å². The summed E-state index contributed by atoms with van der Waals surface area (Å²) >= 11 is 1.69. The first kappa shape index (κ1) is 19.3. The Balaban J connectivity index is 1.74. The molecular formula is C19H31N3OS. The van der Waals surface area contributed by atoms with E-state index >= 15 is 0 Å². The molecule has 1 unspecified atom stereocenters. The molecule has 1 saturated heterocycles. The second-order valence-electron chi connectivity index (χ2n) is 7.26. The number of carbonyl (C=O) groups excluding carboxylic acids is 1. The molecule has 4 nitrogen and oxygen atoms in total. The molecule has 1 aromatic rings. The molecule has 1 atom stereocenters. The van der Waals surface area contributed by atoms with Crippen LogP contribution in [-0.4, -0.2) is 66.3 Å². The molecule has 134 valence electrons. The van der Waals surface area contributed by atoms with E-state index < -0.39 is 0 Å². The minimum Gasteiger partial charge on any atom is -0.353 e. The number of nitrogens with one attached hydrogen (secondary N) is 1. The molecule has 1 fully saturated rings. The predicted octanol–water partition coefficient (Wildman–Crippen LogP) is 2.45. The summed E-state index contributed by atoms with van der Waals surface area (Å²) in [6, 6.07) is 10.3. The van der Waals surface area contributed by atoms with Crippen molar-refractivity contribution in [3.05, 3.63) is 35.9 Å². The predicted molar refractivity (Wildman–Crippen MR) is 103 cm³/mol. The van der Waals surface area contributed by atoms with E-state index in [9.17, 15) is 4.79 Å². The molecule has 24 heavy (non-hydrogen) atoms. The zero-order valence-electron chi connectivity index (χ0n) is 15.4. The van der Waals surface area contributed by atoms with Crippen LogP contribution >= 0.6 is 11.8 Å². The van der Waals surface area contributed by atoms with Crippen molar-refractivity contribution < 1.29 is 4.79 Å². The fourth-order valence-electron chi connectivity index (χ4n) is 2.84. The molecular weight excluding hydrogens is 318 g/mol. The van der Waals surface area contributed by atoms with Crippen molar-refractivity contribution in [2.75, 3.05) is 39.8 Å². The van der Waals surface area contributed by atoms with Gasteiger partial charge in [-0.1, -0.05) is 30.3 Å². The molecule has 0 saturated carbocycles. The summed E-state index contributed by atoms with van der Waals surface area (Å²) in [5.41, 5.74) is 1.26. The van der Waals surface area contributed by atoms with Crippen molar-refractivity contribution in [1.29, 1.82) is 0 Å². The standard InChI is InChI=1S/C19H31N3OS/c1-16(24-14-17-8-6-5-7-9-17)18(23)20-15-19(2,3)22-12-10-21(4)11-13-22/h5-9,16H,10-15H2,1-4H3,(H,20,23). The first-order chi connectivity index (χ1) is 11.4. The van der Waals surface area contributed by atoms with Crippen molar-refractivity contribution in [1.82, 2.24) is 15.1 Å². The highest BCUT2D eigenvalue weighted by molar-refractivity contribution is 7.99. The summed E-state index contributed by atoms with van der Waals surface area (Å²) in [6.07, 6.45) is 0. The van der Waals surface area contributed by atoms with Gasteiger partial charge in [0.25, 0.3) is 0 Å². The van der Waals surface area contributed by atoms with E-state index in [2.05, 4.69) is 48.1 Å². The largest absolute Gasteiger partial charge is 0.353 e. The fraction of sp³-hybridized carbons (Fsp3) is 0.632. The highest BCUT2D eigenvalue weighted by Gasteiger charge is 2.29. The second kappa shape index (κ2) is 8.88. The molecule has 1 aliphatic rings. The highest BCUT2D eigenvalue weighted by atomic mass is 32.2. The normalized spacial score (nSPS) is 18.3. The topological polar surface area (TPSA) is 35.6 Å². The molecule has 1 N–H and O–H groups in total. The van der Waals surface area contributed by atoms with E-state index in [1.54, 1.807) is 11.8 Å². The smallest absolute Gasteiger partial charge is 0.232 e. The maximum atomic E-state index is 12.4. The zero-order valence-corrected chi connectivity index (χ0v) is 16.2. The van der Waals surface area contributed by atoms with Gasteiger partial charge in [0.15, 0.2) is 0 Å². The quantitative estimate of drug-likeness (QED) is 0.820. The number of carbonyl (C=O) groups is 1. The van der Waals surface area contributed by atoms with E-state index in [-0.39, 0.29) is 16.7 Å². The molecule has 1 aromatic carbocycles. The Labute approximate surface area is 151 Å². The lowest BCUT2D eigenvalue weighted by Gasteiger charge is -2.43. The van der Waals surface area contributed by atoms with Gasteiger partial charge < -0.3 is 10.2 Å².